The summed E-state index contributed by atoms with van der Waals surface area (Å²) in [6, 6.07) is 9.75. The Kier molecular flexibility index (Phi) is 5.25. The number of aryl methyl sites for hydroxylation is 1. The van der Waals surface area contributed by atoms with Crippen LogP contribution in [0.25, 0.3) is 0 Å². The summed E-state index contributed by atoms with van der Waals surface area (Å²) in [5, 5.41) is 0. The largest absolute Gasteiger partial charge is 0.214 e. The van der Waals surface area contributed by atoms with Crippen LogP contribution in [0.3, 0.4) is 0 Å². The second-order valence-corrected chi connectivity index (χ2v) is 7.51. The lowest BCUT2D eigenvalue weighted by molar-refractivity contribution is 0.453. The summed E-state index contributed by atoms with van der Waals surface area (Å²) in [6.45, 7) is 1.29. The van der Waals surface area contributed by atoms with Crippen LogP contribution in [0.4, 0.5) is 0 Å². The lowest BCUT2D eigenvalue weighted by atomic mass is 10.1. The minimum atomic E-state index is -3.12. The van der Waals surface area contributed by atoms with Crippen molar-refractivity contribution in [1.82, 2.24) is 4.31 Å². The van der Waals surface area contributed by atoms with E-state index < -0.39 is 10.0 Å². The van der Waals surface area contributed by atoms with Gasteiger partial charge in [-0.3, -0.25) is 0 Å². The number of rotatable bonds is 6. The molecule has 19 heavy (non-hydrogen) atoms. The van der Waals surface area contributed by atoms with Crippen molar-refractivity contribution in [3.05, 3.63) is 35.9 Å². The van der Waals surface area contributed by atoms with Gasteiger partial charge in [-0.1, -0.05) is 30.3 Å². The Bertz CT molecular complexity index is 489. The monoisotopic (exact) mass is 301 g/mol. The smallest absolute Gasteiger partial charge is 0.212 e. The highest BCUT2D eigenvalue weighted by Crippen LogP contribution is 2.23. The van der Waals surface area contributed by atoms with Gasteiger partial charge < -0.3 is 0 Å². The molecule has 0 bridgehead atoms. The Morgan fingerprint density at radius 3 is 2.68 bits per heavy atom. The molecule has 106 valence electrons. The van der Waals surface area contributed by atoms with Crippen LogP contribution in [-0.4, -0.2) is 37.4 Å². The van der Waals surface area contributed by atoms with Crippen LogP contribution in [0.1, 0.15) is 18.4 Å². The summed E-state index contributed by atoms with van der Waals surface area (Å²) in [7, 11) is -3.12. The average Bonchev–Trinajstić information content (AvgIpc) is 2.88. The third-order valence-corrected chi connectivity index (χ3v) is 5.71. The molecule has 1 heterocycles. The maximum absolute atomic E-state index is 12.2. The lowest BCUT2D eigenvalue weighted by Crippen LogP contribution is -2.31. The molecule has 0 aliphatic carbocycles. The molecule has 0 N–H and O–H groups in total. The van der Waals surface area contributed by atoms with E-state index in [0.29, 0.717) is 31.3 Å². The number of hydrogen-bond acceptors (Lipinski definition) is 2. The van der Waals surface area contributed by atoms with Crippen molar-refractivity contribution in [3.63, 3.8) is 0 Å². The molecule has 1 fully saturated rings. The van der Waals surface area contributed by atoms with Crippen LogP contribution >= 0.6 is 11.6 Å². The third kappa shape index (κ3) is 4.20. The van der Waals surface area contributed by atoms with Crippen LogP contribution in [0.15, 0.2) is 30.3 Å². The zero-order valence-corrected chi connectivity index (χ0v) is 12.5. The molecule has 1 aromatic rings. The van der Waals surface area contributed by atoms with E-state index >= 15 is 0 Å². The van der Waals surface area contributed by atoms with Crippen LogP contribution in [0, 0.1) is 5.92 Å². The molecule has 0 spiro atoms. The van der Waals surface area contributed by atoms with Gasteiger partial charge in [0.15, 0.2) is 0 Å². The van der Waals surface area contributed by atoms with Gasteiger partial charge in [-0.15, -0.1) is 11.6 Å². The van der Waals surface area contributed by atoms with Gasteiger partial charge in [0.2, 0.25) is 10.0 Å². The summed E-state index contributed by atoms with van der Waals surface area (Å²) < 4.78 is 26.1. The Morgan fingerprint density at radius 2 is 2.00 bits per heavy atom. The topological polar surface area (TPSA) is 37.4 Å². The third-order valence-electron chi connectivity index (χ3n) is 3.65. The highest BCUT2D eigenvalue weighted by atomic mass is 35.5. The van der Waals surface area contributed by atoms with Gasteiger partial charge in [-0.25, -0.2) is 12.7 Å². The predicted molar refractivity (Wildman–Crippen MR) is 78.9 cm³/mol. The SMILES string of the molecule is O=S(=O)(CCc1ccccc1)N1CCC(CCCl)C1. The van der Waals surface area contributed by atoms with Gasteiger partial charge in [-0.05, 0) is 30.7 Å². The van der Waals surface area contributed by atoms with E-state index in [1.54, 1.807) is 4.31 Å². The molecular weight excluding hydrogens is 282 g/mol. The van der Waals surface area contributed by atoms with Crippen LogP contribution in [-0.2, 0) is 16.4 Å². The van der Waals surface area contributed by atoms with E-state index in [0.717, 1.165) is 18.4 Å². The van der Waals surface area contributed by atoms with E-state index in [1.807, 2.05) is 30.3 Å². The normalized spacial score (nSPS) is 20.8. The van der Waals surface area contributed by atoms with Crippen molar-refractivity contribution in [3.8, 4) is 0 Å². The molecule has 2 rings (SSSR count). The van der Waals surface area contributed by atoms with Crippen molar-refractivity contribution in [2.75, 3.05) is 24.7 Å². The molecule has 0 radical (unpaired) electrons. The summed E-state index contributed by atoms with van der Waals surface area (Å²) in [5.74, 6) is 1.25. The van der Waals surface area contributed by atoms with Crippen LogP contribution in [0.5, 0.6) is 0 Å². The molecule has 1 unspecified atom stereocenters. The van der Waals surface area contributed by atoms with Crippen LogP contribution in [0.2, 0.25) is 0 Å². The van der Waals surface area contributed by atoms with E-state index in [4.69, 9.17) is 11.6 Å². The lowest BCUT2D eigenvalue weighted by Gasteiger charge is -2.16. The van der Waals surface area contributed by atoms with E-state index in [2.05, 4.69) is 0 Å². The van der Waals surface area contributed by atoms with E-state index in [-0.39, 0.29) is 5.75 Å². The summed E-state index contributed by atoms with van der Waals surface area (Å²) >= 11 is 5.72. The number of alkyl halides is 1. The number of hydrogen-bond donors (Lipinski definition) is 0. The molecule has 0 aromatic heterocycles. The number of sulfonamides is 1. The molecular formula is C14H20ClNO2S. The van der Waals surface area contributed by atoms with Crippen LogP contribution < -0.4 is 0 Å². The van der Waals surface area contributed by atoms with Gasteiger partial charge >= 0.3 is 0 Å². The highest BCUT2D eigenvalue weighted by molar-refractivity contribution is 7.89. The van der Waals surface area contributed by atoms with Crippen molar-refractivity contribution >= 4 is 21.6 Å². The van der Waals surface area contributed by atoms with Crippen molar-refractivity contribution in [1.29, 1.82) is 0 Å². The zero-order valence-electron chi connectivity index (χ0n) is 11.0. The molecule has 1 aromatic carbocycles. The van der Waals surface area contributed by atoms with Gasteiger partial charge in [0.25, 0.3) is 0 Å². The minimum absolute atomic E-state index is 0.199. The Hall–Kier alpha value is -0.580. The molecule has 3 nitrogen and oxygen atoms in total. The Morgan fingerprint density at radius 1 is 1.26 bits per heavy atom. The summed E-state index contributed by atoms with van der Waals surface area (Å²) in [5.41, 5.74) is 1.07. The van der Waals surface area contributed by atoms with Gasteiger partial charge in [0.1, 0.15) is 0 Å². The fraction of sp³-hybridized carbons (Fsp3) is 0.571. The Balaban J connectivity index is 1.89. The van der Waals surface area contributed by atoms with E-state index in [9.17, 15) is 8.42 Å². The zero-order chi connectivity index (χ0) is 13.7. The molecule has 1 aliphatic rings. The summed E-state index contributed by atoms with van der Waals surface area (Å²) in [4.78, 5) is 0. The van der Waals surface area contributed by atoms with Crippen molar-refractivity contribution in [2.24, 2.45) is 5.92 Å². The first-order chi connectivity index (χ1) is 9.12. The second-order valence-electron chi connectivity index (χ2n) is 5.04. The number of benzene rings is 1. The maximum atomic E-state index is 12.2. The van der Waals surface area contributed by atoms with Gasteiger partial charge in [0.05, 0.1) is 5.75 Å². The Labute approximate surface area is 120 Å². The molecule has 1 atom stereocenters. The molecule has 1 aliphatic heterocycles. The molecule has 1 saturated heterocycles. The number of nitrogens with zero attached hydrogens (tertiary/aromatic N) is 1. The number of halogens is 1. The van der Waals surface area contributed by atoms with Gasteiger partial charge in [-0.2, -0.15) is 0 Å². The fourth-order valence-corrected chi connectivity index (χ4v) is 4.34. The molecule has 0 amide bonds. The average molecular weight is 302 g/mol. The van der Waals surface area contributed by atoms with Crippen molar-refractivity contribution in [2.45, 2.75) is 19.3 Å². The predicted octanol–water partition coefficient (Wildman–Crippen LogP) is 2.51. The van der Waals surface area contributed by atoms with Gasteiger partial charge in [0, 0.05) is 19.0 Å². The second kappa shape index (κ2) is 6.73. The van der Waals surface area contributed by atoms with Crippen molar-refractivity contribution < 1.29 is 8.42 Å². The first-order valence-electron chi connectivity index (χ1n) is 6.69. The first-order valence-corrected chi connectivity index (χ1v) is 8.84. The highest BCUT2D eigenvalue weighted by Gasteiger charge is 2.30. The maximum Gasteiger partial charge on any atom is 0.214 e. The molecule has 0 saturated carbocycles. The standard InChI is InChI=1S/C14H20ClNO2S/c15-9-6-14-7-10-16(12-14)19(17,18)11-8-13-4-2-1-3-5-13/h1-5,14H,6-12H2. The quantitative estimate of drug-likeness (QED) is 0.757. The van der Waals surface area contributed by atoms with E-state index in [1.165, 1.54) is 0 Å². The molecule has 5 heteroatoms. The summed E-state index contributed by atoms with van der Waals surface area (Å²) in [6.07, 6.45) is 2.43. The first kappa shape index (κ1) is 14.8. The fourth-order valence-electron chi connectivity index (χ4n) is 2.46. The minimum Gasteiger partial charge on any atom is -0.212 e.